The van der Waals surface area contributed by atoms with Crippen LogP contribution in [0.25, 0.3) is 0 Å². The summed E-state index contributed by atoms with van der Waals surface area (Å²) in [5.41, 5.74) is 6.60. The first kappa shape index (κ1) is 11.8. The summed E-state index contributed by atoms with van der Waals surface area (Å²) in [6.07, 6.45) is 2.16. The van der Waals surface area contributed by atoms with Crippen molar-refractivity contribution >= 4 is 23.2 Å². The molecule has 1 aliphatic rings. The van der Waals surface area contributed by atoms with Gasteiger partial charge in [-0.2, -0.15) is 0 Å². The molecule has 0 aromatic heterocycles. The lowest BCUT2D eigenvalue weighted by Gasteiger charge is -2.04. The van der Waals surface area contributed by atoms with E-state index in [1.54, 1.807) is 18.2 Å². The Balaban J connectivity index is 0.00000112. The summed E-state index contributed by atoms with van der Waals surface area (Å²) in [6, 6.07) is 5.27. The van der Waals surface area contributed by atoms with E-state index in [2.05, 4.69) is 5.32 Å². The summed E-state index contributed by atoms with van der Waals surface area (Å²) in [4.78, 5) is 11.5. The number of nitrogens with two attached hydrogens (primary N) is 1. The number of amides is 1. The van der Waals surface area contributed by atoms with E-state index in [1.165, 1.54) is 0 Å². The van der Waals surface area contributed by atoms with Gasteiger partial charge in [-0.25, -0.2) is 0 Å². The molecule has 0 bridgehead atoms. The second kappa shape index (κ2) is 4.51. The lowest BCUT2D eigenvalue weighted by atomic mass is 10.2. The maximum absolute atomic E-state index is 11.5. The number of nitrogens with one attached hydrogen (secondary N) is 1. The van der Waals surface area contributed by atoms with Crippen molar-refractivity contribution in [2.75, 3.05) is 5.73 Å². The van der Waals surface area contributed by atoms with Gasteiger partial charge in [-0.3, -0.25) is 4.79 Å². The van der Waals surface area contributed by atoms with E-state index in [9.17, 15) is 4.79 Å². The molecule has 1 saturated carbocycles. The Morgan fingerprint density at radius 3 is 2.67 bits per heavy atom. The Kier molecular flexibility index (Phi) is 3.55. The minimum absolute atomic E-state index is 0. The molecular formula is C10H13ClN2O2. The number of hydrogen-bond acceptors (Lipinski definition) is 2. The van der Waals surface area contributed by atoms with Gasteiger partial charge in [0.25, 0.3) is 5.91 Å². The Morgan fingerprint density at radius 2 is 2.13 bits per heavy atom. The molecule has 4 nitrogen and oxygen atoms in total. The van der Waals surface area contributed by atoms with Crippen LogP contribution in [0, 0.1) is 0 Å². The molecule has 0 saturated heterocycles. The second-order valence-electron chi connectivity index (χ2n) is 3.48. The number of anilines is 1. The third-order valence-corrected chi connectivity index (χ3v) is 2.50. The summed E-state index contributed by atoms with van der Waals surface area (Å²) in [6.45, 7) is 0. The van der Waals surface area contributed by atoms with Crippen molar-refractivity contribution in [3.8, 4) is 0 Å². The number of benzene rings is 1. The minimum Gasteiger partial charge on any atom is -0.412 e. The van der Waals surface area contributed by atoms with Crippen LogP contribution in [0.1, 0.15) is 23.2 Å². The molecule has 0 unspecified atom stereocenters. The summed E-state index contributed by atoms with van der Waals surface area (Å²) in [7, 11) is 0. The number of carbonyl (C=O) groups is 1. The summed E-state index contributed by atoms with van der Waals surface area (Å²) >= 11 is 5.81. The van der Waals surface area contributed by atoms with E-state index in [0.717, 1.165) is 12.8 Å². The molecule has 1 aromatic rings. The molecule has 0 heterocycles. The molecule has 15 heavy (non-hydrogen) atoms. The van der Waals surface area contributed by atoms with Gasteiger partial charge in [-0.1, -0.05) is 11.6 Å². The minimum atomic E-state index is -0.0746. The van der Waals surface area contributed by atoms with Crippen LogP contribution in [0.4, 0.5) is 5.69 Å². The number of halogens is 1. The van der Waals surface area contributed by atoms with Gasteiger partial charge in [-0.15, -0.1) is 0 Å². The van der Waals surface area contributed by atoms with Crippen molar-refractivity contribution < 1.29 is 10.3 Å². The molecule has 0 aliphatic heterocycles. The highest BCUT2D eigenvalue weighted by Gasteiger charge is 2.23. The largest absolute Gasteiger partial charge is 0.412 e. The molecule has 5 heteroatoms. The number of rotatable bonds is 2. The van der Waals surface area contributed by atoms with Gasteiger partial charge >= 0.3 is 0 Å². The van der Waals surface area contributed by atoms with Crippen LogP contribution in [0.15, 0.2) is 18.2 Å². The summed E-state index contributed by atoms with van der Waals surface area (Å²) < 4.78 is 0. The average Bonchev–Trinajstić information content (AvgIpc) is 2.93. The van der Waals surface area contributed by atoms with E-state index in [4.69, 9.17) is 17.3 Å². The molecule has 2 rings (SSSR count). The second-order valence-corrected chi connectivity index (χ2v) is 3.89. The van der Waals surface area contributed by atoms with E-state index in [0.29, 0.717) is 22.3 Å². The van der Waals surface area contributed by atoms with Crippen molar-refractivity contribution in [1.29, 1.82) is 0 Å². The average molecular weight is 229 g/mol. The van der Waals surface area contributed by atoms with E-state index in [-0.39, 0.29) is 11.4 Å². The topological polar surface area (TPSA) is 86.6 Å². The molecule has 1 fully saturated rings. The molecule has 0 radical (unpaired) electrons. The zero-order valence-corrected chi connectivity index (χ0v) is 8.84. The van der Waals surface area contributed by atoms with Crippen molar-refractivity contribution in [3.05, 3.63) is 28.8 Å². The highest BCUT2D eigenvalue weighted by molar-refractivity contribution is 6.33. The predicted molar refractivity (Wildman–Crippen MR) is 60.0 cm³/mol. The van der Waals surface area contributed by atoms with Crippen molar-refractivity contribution in [1.82, 2.24) is 5.32 Å². The SMILES string of the molecule is Nc1ccc(C(=O)NC2CC2)cc1Cl.O. The molecule has 5 N–H and O–H groups in total. The zero-order chi connectivity index (χ0) is 10.1. The molecule has 1 amide bonds. The van der Waals surface area contributed by atoms with Crippen LogP contribution in [-0.4, -0.2) is 17.4 Å². The fourth-order valence-electron chi connectivity index (χ4n) is 1.16. The molecule has 82 valence electrons. The van der Waals surface area contributed by atoms with Gasteiger partial charge in [0.05, 0.1) is 10.7 Å². The van der Waals surface area contributed by atoms with Crippen LogP contribution in [-0.2, 0) is 0 Å². The van der Waals surface area contributed by atoms with Crippen LogP contribution < -0.4 is 11.1 Å². The lowest BCUT2D eigenvalue weighted by Crippen LogP contribution is -2.25. The first-order valence-corrected chi connectivity index (χ1v) is 4.90. The van der Waals surface area contributed by atoms with Gasteiger partial charge in [0, 0.05) is 11.6 Å². The molecule has 1 aliphatic carbocycles. The van der Waals surface area contributed by atoms with E-state index >= 15 is 0 Å². The highest BCUT2D eigenvalue weighted by Crippen LogP contribution is 2.22. The molecule has 1 aromatic carbocycles. The Morgan fingerprint density at radius 1 is 1.47 bits per heavy atom. The Hall–Kier alpha value is -1.26. The van der Waals surface area contributed by atoms with Gasteiger partial charge < -0.3 is 16.5 Å². The first-order valence-electron chi connectivity index (χ1n) is 4.52. The molecule has 0 spiro atoms. The normalized spacial score (nSPS) is 14.2. The van der Waals surface area contributed by atoms with Crippen molar-refractivity contribution in [2.24, 2.45) is 0 Å². The molecular weight excluding hydrogens is 216 g/mol. The Labute approximate surface area is 92.7 Å². The summed E-state index contributed by atoms with van der Waals surface area (Å²) in [5.74, 6) is -0.0746. The number of nitrogen functional groups attached to an aromatic ring is 1. The van der Waals surface area contributed by atoms with Crippen molar-refractivity contribution in [3.63, 3.8) is 0 Å². The predicted octanol–water partition coefficient (Wildman–Crippen LogP) is 0.990. The monoisotopic (exact) mass is 228 g/mol. The number of carbonyl (C=O) groups excluding carboxylic acids is 1. The quantitative estimate of drug-likeness (QED) is 0.740. The first-order chi connectivity index (χ1) is 6.66. The van der Waals surface area contributed by atoms with Crippen LogP contribution in [0.3, 0.4) is 0 Å². The lowest BCUT2D eigenvalue weighted by molar-refractivity contribution is 0.0951. The van der Waals surface area contributed by atoms with Gasteiger partial charge in [0.2, 0.25) is 0 Å². The third-order valence-electron chi connectivity index (χ3n) is 2.18. The smallest absolute Gasteiger partial charge is 0.251 e. The van der Waals surface area contributed by atoms with E-state index < -0.39 is 0 Å². The Bertz CT molecular complexity index is 378. The van der Waals surface area contributed by atoms with Gasteiger partial charge in [0.1, 0.15) is 0 Å². The van der Waals surface area contributed by atoms with Crippen LogP contribution in [0.5, 0.6) is 0 Å². The standard InChI is InChI=1S/C10H11ClN2O.H2O/c11-8-5-6(1-4-9(8)12)10(14)13-7-2-3-7;/h1,4-5,7H,2-3,12H2,(H,13,14);1H2. The van der Waals surface area contributed by atoms with Crippen LogP contribution >= 0.6 is 11.6 Å². The highest BCUT2D eigenvalue weighted by atomic mass is 35.5. The van der Waals surface area contributed by atoms with Gasteiger partial charge in [-0.05, 0) is 31.0 Å². The van der Waals surface area contributed by atoms with Crippen molar-refractivity contribution in [2.45, 2.75) is 18.9 Å². The fourth-order valence-corrected chi connectivity index (χ4v) is 1.35. The third kappa shape index (κ3) is 2.84. The van der Waals surface area contributed by atoms with Gasteiger partial charge in [0.15, 0.2) is 0 Å². The zero-order valence-electron chi connectivity index (χ0n) is 8.09. The molecule has 0 atom stereocenters. The fraction of sp³-hybridized carbons (Fsp3) is 0.300. The maximum Gasteiger partial charge on any atom is 0.251 e. The van der Waals surface area contributed by atoms with Crippen LogP contribution in [0.2, 0.25) is 5.02 Å². The van der Waals surface area contributed by atoms with E-state index in [1.807, 2.05) is 0 Å². The number of hydrogen-bond donors (Lipinski definition) is 2. The maximum atomic E-state index is 11.5. The summed E-state index contributed by atoms with van der Waals surface area (Å²) in [5, 5.41) is 3.30.